The maximum atomic E-state index is 11.3. The van der Waals surface area contributed by atoms with Gasteiger partial charge in [0.2, 0.25) is 5.88 Å². The summed E-state index contributed by atoms with van der Waals surface area (Å²) in [6.07, 6.45) is 1.48. The highest BCUT2D eigenvalue weighted by Crippen LogP contribution is 2.32. The second-order valence-electron chi connectivity index (χ2n) is 4.98. The minimum Gasteiger partial charge on any atom is -0.485 e. The molecule has 0 aliphatic rings. The number of nitrogens with zero attached hydrogens (tertiary/aromatic N) is 1. The summed E-state index contributed by atoms with van der Waals surface area (Å²) in [5.41, 5.74) is 1.02. The van der Waals surface area contributed by atoms with Gasteiger partial charge in [0.15, 0.2) is 11.5 Å². The Balaban J connectivity index is 1.81. The molecule has 0 aliphatic heterocycles. The predicted octanol–water partition coefficient (Wildman–Crippen LogP) is 4.15. The number of ether oxygens (including phenoxy) is 2. The summed E-state index contributed by atoms with van der Waals surface area (Å²) in [7, 11) is 0. The fourth-order valence-electron chi connectivity index (χ4n) is 2.13. The van der Waals surface area contributed by atoms with Gasteiger partial charge in [-0.3, -0.25) is 0 Å². The van der Waals surface area contributed by atoms with E-state index < -0.39 is 5.97 Å². The number of carboxylic acid groups (broad SMARTS) is 1. The number of para-hydroxylation sites is 2. The molecule has 0 amide bonds. The molecule has 3 rings (SSSR count). The first-order valence-electron chi connectivity index (χ1n) is 7.36. The maximum Gasteiger partial charge on any atom is 0.341 e. The van der Waals surface area contributed by atoms with E-state index in [1.807, 2.05) is 36.4 Å². The van der Waals surface area contributed by atoms with Crippen molar-refractivity contribution in [2.24, 2.45) is 0 Å². The van der Waals surface area contributed by atoms with Crippen LogP contribution in [0.15, 0.2) is 72.9 Å². The molecule has 24 heavy (non-hydrogen) atoms. The van der Waals surface area contributed by atoms with Crippen LogP contribution in [0.25, 0.3) is 0 Å². The number of hydrogen-bond donors (Lipinski definition) is 1. The molecule has 0 saturated carbocycles. The van der Waals surface area contributed by atoms with E-state index in [-0.39, 0.29) is 11.4 Å². The molecule has 0 saturated heterocycles. The number of aromatic nitrogens is 1. The van der Waals surface area contributed by atoms with Gasteiger partial charge < -0.3 is 14.6 Å². The second-order valence-corrected chi connectivity index (χ2v) is 4.98. The number of hydrogen-bond acceptors (Lipinski definition) is 4. The average Bonchev–Trinajstić information content (AvgIpc) is 2.62. The molecule has 120 valence electrons. The molecule has 5 nitrogen and oxygen atoms in total. The average molecular weight is 321 g/mol. The second kappa shape index (κ2) is 7.28. The maximum absolute atomic E-state index is 11.3. The van der Waals surface area contributed by atoms with Crippen molar-refractivity contribution in [3.05, 3.63) is 84.1 Å². The molecule has 0 bridgehead atoms. The Bertz CT molecular complexity index is 834. The lowest BCUT2D eigenvalue weighted by Gasteiger charge is -2.13. The van der Waals surface area contributed by atoms with Crippen molar-refractivity contribution in [3.63, 3.8) is 0 Å². The van der Waals surface area contributed by atoms with Crippen LogP contribution in [-0.2, 0) is 6.61 Å². The topological polar surface area (TPSA) is 68.7 Å². The van der Waals surface area contributed by atoms with Gasteiger partial charge in [-0.05, 0) is 29.8 Å². The summed E-state index contributed by atoms with van der Waals surface area (Å²) in [5, 5.41) is 9.21. The highest BCUT2D eigenvalue weighted by Gasteiger charge is 2.14. The summed E-state index contributed by atoms with van der Waals surface area (Å²) in [6.45, 7) is 0.384. The van der Waals surface area contributed by atoms with Crippen LogP contribution in [0.4, 0.5) is 0 Å². The van der Waals surface area contributed by atoms with Gasteiger partial charge in [-0.2, -0.15) is 0 Å². The van der Waals surface area contributed by atoms with Crippen LogP contribution in [0.1, 0.15) is 15.9 Å². The SMILES string of the molecule is O=C(O)c1cccnc1Oc1ccccc1OCc1ccccc1. The number of benzene rings is 2. The largest absolute Gasteiger partial charge is 0.485 e. The van der Waals surface area contributed by atoms with Crippen LogP contribution in [0, 0.1) is 0 Å². The Morgan fingerprint density at radius 1 is 0.917 bits per heavy atom. The Hall–Kier alpha value is -3.34. The Morgan fingerprint density at radius 3 is 2.38 bits per heavy atom. The molecular weight excluding hydrogens is 306 g/mol. The highest BCUT2D eigenvalue weighted by molar-refractivity contribution is 5.90. The molecule has 0 aliphatic carbocycles. The van der Waals surface area contributed by atoms with Crippen LogP contribution in [0.2, 0.25) is 0 Å². The zero-order valence-corrected chi connectivity index (χ0v) is 12.8. The molecule has 5 heteroatoms. The summed E-state index contributed by atoms with van der Waals surface area (Å²) in [6, 6.07) is 19.8. The molecule has 1 N–H and O–H groups in total. The molecule has 0 radical (unpaired) electrons. The van der Waals surface area contributed by atoms with E-state index in [0.29, 0.717) is 18.1 Å². The molecule has 1 aromatic heterocycles. The molecule has 3 aromatic rings. The third kappa shape index (κ3) is 3.70. The molecule has 0 unspecified atom stereocenters. The van der Waals surface area contributed by atoms with Crippen molar-refractivity contribution in [2.45, 2.75) is 6.61 Å². The van der Waals surface area contributed by atoms with Crippen molar-refractivity contribution < 1.29 is 19.4 Å². The van der Waals surface area contributed by atoms with Crippen molar-refractivity contribution in [2.75, 3.05) is 0 Å². The predicted molar refractivity (Wildman–Crippen MR) is 88.5 cm³/mol. The molecule has 2 aromatic carbocycles. The zero-order chi connectivity index (χ0) is 16.8. The standard InChI is InChI=1S/C19H15NO4/c21-19(22)15-9-6-12-20-18(15)24-17-11-5-4-10-16(17)23-13-14-7-2-1-3-8-14/h1-12H,13H2,(H,21,22). The van der Waals surface area contributed by atoms with Gasteiger partial charge in [-0.15, -0.1) is 0 Å². The molecule has 0 spiro atoms. The van der Waals surface area contributed by atoms with Crippen molar-refractivity contribution in [3.8, 4) is 17.4 Å². The summed E-state index contributed by atoms with van der Waals surface area (Å²) < 4.78 is 11.5. The summed E-state index contributed by atoms with van der Waals surface area (Å²) in [4.78, 5) is 15.3. The minimum atomic E-state index is -1.10. The first-order valence-corrected chi connectivity index (χ1v) is 7.36. The van der Waals surface area contributed by atoms with Crippen molar-refractivity contribution in [1.82, 2.24) is 4.98 Å². The smallest absolute Gasteiger partial charge is 0.341 e. The number of pyridine rings is 1. The Morgan fingerprint density at radius 2 is 1.62 bits per heavy atom. The van der Waals surface area contributed by atoms with Gasteiger partial charge in [0, 0.05) is 6.20 Å². The normalized spacial score (nSPS) is 10.2. The van der Waals surface area contributed by atoms with Gasteiger partial charge in [0.1, 0.15) is 12.2 Å². The van der Waals surface area contributed by atoms with Crippen LogP contribution >= 0.6 is 0 Å². The third-order valence-corrected chi connectivity index (χ3v) is 3.29. The Labute approximate surface area is 139 Å². The zero-order valence-electron chi connectivity index (χ0n) is 12.8. The quantitative estimate of drug-likeness (QED) is 0.738. The van der Waals surface area contributed by atoms with Gasteiger partial charge in [0.25, 0.3) is 0 Å². The van der Waals surface area contributed by atoms with E-state index in [9.17, 15) is 9.90 Å². The van der Waals surface area contributed by atoms with Crippen molar-refractivity contribution in [1.29, 1.82) is 0 Å². The van der Waals surface area contributed by atoms with Gasteiger partial charge >= 0.3 is 5.97 Å². The lowest BCUT2D eigenvalue weighted by molar-refractivity contribution is 0.0693. The van der Waals surface area contributed by atoms with E-state index in [0.717, 1.165) is 5.56 Å². The summed E-state index contributed by atoms with van der Waals surface area (Å²) >= 11 is 0. The number of rotatable bonds is 6. The molecule has 1 heterocycles. The number of carbonyl (C=O) groups is 1. The van der Waals surface area contributed by atoms with E-state index >= 15 is 0 Å². The lowest BCUT2D eigenvalue weighted by Crippen LogP contribution is -2.03. The number of aromatic carboxylic acids is 1. The summed E-state index contributed by atoms with van der Waals surface area (Å²) in [5.74, 6) is -0.139. The first-order chi connectivity index (χ1) is 11.7. The van der Waals surface area contributed by atoms with E-state index in [2.05, 4.69) is 4.98 Å². The van der Waals surface area contributed by atoms with Crippen LogP contribution in [0.5, 0.6) is 17.4 Å². The third-order valence-electron chi connectivity index (χ3n) is 3.29. The lowest BCUT2D eigenvalue weighted by atomic mass is 10.2. The van der Waals surface area contributed by atoms with Crippen LogP contribution in [0.3, 0.4) is 0 Å². The van der Waals surface area contributed by atoms with Crippen molar-refractivity contribution >= 4 is 5.97 Å². The van der Waals surface area contributed by atoms with E-state index in [4.69, 9.17) is 9.47 Å². The first kappa shape index (κ1) is 15.6. The molecule has 0 atom stereocenters. The van der Waals surface area contributed by atoms with Crippen LogP contribution < -0.4 is 9.47 Å². The van der Waals surface area contributed by atoms with Gasteiger partial charge in [-0.25, -0.2) is 9.78 Å². The highest BCUT2D eigenvalue weighted by atomic mass is 16.5. The fraction of sp³-hybridized carbons (Fsp3) is 0.0526. The van der Waals surface area contributed by atoms with Gasteiger partial charge in [0.05, 0.1) is 0 Å². The number of carboxylic acids is 1. The molecule has 0 fully saturated rings. The van der Waals surface area contributed by atoms with Crippen LogP contribution in [-0.4, -0.2) is 16.1 Å². The minimum absolute atomic E-state index is 0.00429. The Kier molecular flexibility index (Phi) is 4.72. The van der Waals surface area contributed by atoms with E-state index in [1.165, 1.54) is 12.3 Å². The fourth-order valence-corrected chi connectivity index (χ4v) is 2.13. The monoisotopic (exact) mass is 321 g/mol. The van der Waals surface area contributed by atoms with Gasteiger partial charge in [-0.1, -0.05) is 42.5 Å². The molecular formula is C19H15NO4. The van der Waals surface area contributed by atoms with E-state index in [1.54, 1.807) is 24.3 Å².